The van der Waals surface area contributed by atoms with Crippen LogP contribution in [0.3, 0.4) is 0 Å². The Bertz CT molecular complexity index is 1030. The minimum absolute atomic E-state index is 0.605. The molecule has 1 atom stereocenters. The van der Waals surface area contributed by atoms with E-state index in [1.54, 1.807) is 11.3 Å². The maximum absolute atomic E-state index is 6.71. The maximum Gasteiger partial charge on any atom is 0.169 e. The standard InChI is InChI=1S/C24H24N2OS/c1-26(2)16-17-27-24(23-13-8-18-28-23,20-10-4-3-5-11-20)22-15-14-19-9-6-7-12-21(19)25-22/h3-15,18H,16-17H2,1-2H3. The molecule has 0 fully saturated rings. The summed E-state index contributed by atoms with van der Waals surface area (Å²) in [6.45, 7) is 1.45. The highest BCUT2D eigenvalue weighted by Crippen LogP contribution is 2.42. The summed E-state index contributed by atoms with van der Waals surface area (Å²) < 4.78 is 6.71. The predicted octanol–water partition coefficient (Wildman–Crippen LogP) is 5.17. The van der Waals surface area contributed by atoms with Crippen molar-refractivity contribution in [1.29, 1.82) is 0 Å². The van der Waals surface area contributed by atoms with E-state index in [-0.39, 0.29) is 0 Å². The molecule has 4 rings (SSSR count). The van der Waals surface area contributed by atoms with E-state index >= 15 is 0 Å². The lowest BCUT2D eigenvalue weighted by Crippen LogP contribution is -2.35. The number of pyridine rings is 1. The molecular weight excluding hydrogens is 364 g/mol. The van der Waals surface area contributed by atoms with Gasteiger partial charge in [0, 0.05) is 16.8 Å². The van der Waals surface area contributed by atoms with Crippen LogP contribution in [-0.2, 0) is 10.3 Å². The molecule has 1 unspecified atom stereocenters. The Morgan fingerprint density at radius 2 is 1.68 bits per heavy atom. The largest absolute Gasteiger partial charge is 0.357 e. The van der Waals surface area contributed by atoms with Crippen LogP contribution in [0.1, 0.15) is 16.1 Å². The third-order valence-corrected chi connectivity index (χ3v) is 5.84. The Morgan fingerprint density at radius 3 is 2.43 bits per heavy atom. The van der Waals surface area contributed by atoms with Gasteiger partial charge in [0.2, 0.25) is 0 Å². The van der Waals surface area contributed by atoms with Crippen molar-refractivity contribution in [1.82, 2.24) is 9.88 Å². The molecule has 2 aromatic carbocycles. The Kier molecular flexibility index (Phi) is 5.53. The minimum atomic E-state index is -0.727. The zero-order valence-corrected chi connectivity index (χ0v) is 17.0. The van der Waals surface area contributed by atoms with Crippen LogP contribution in [0.5, 0.6) is 0 Å². The number of rotatable bonds is 7. The first kappa shape index (κ1) is 18.8. The zero-order chi connectivity index (χ0) is 19.4. The Hall–Kier alpha value is -2.53. The maximum atomic E-state index is 6.71. The van der Waals surface area contributed by atoms with Crippen LogP contribution in [0.25, 0.3) is 10.9 Å². The third kappa shape index (κ3) is 3.59. The van der Waals surface area contributed by atoms with Gasteiger partial charge in [-0.25, -0.2) is 4.98 Å². The van der Waals surface area contributed by atoms with E-state index in [4.69, 9.17) is 9.72 Å². The summed E-state index contributed by atoms with van der Waals surface area (Å²) in [5.41, 5.74) is 2.26. The Labute approximate surface area is 170 Å². The summed E-state index contributed by atoms with van der Waals surface area (Å²) in [5.74, 6) is 0. The topological polar surface area (TPSA) is 25.4 Å². The lowest BCUT2D eigenvalue weighted by atomic mass is 9.87. The van der Waals surface area contributed by atoms with E-state index in [2.05, 4.69) is 85.0 Å². The molecule has 0 N–H and O–H groups in total. The number of likely N-dealkylation sites (N-methyl/N-ethyl adjacent to an activating group) is 1. The van der Waals surface area contributed by atoms with Crippen molar-refractivity contribution in [3.63, 3.8) is 0 Å². The zero-order valence-electron chi connectivity index (χ0n) is 16.2. The lowest BCUT2D eigenvalue weighted by molar-refractivity contribution is 0.00577. The fraction of sp³-hybridized carbons (Fsp3) is 0.208. The number of benzene rings is 2. The number of fused-ring (bicyclic) bond motifs is 1. The molecular formula is C24H24N2OS. The Balaban J connectivity index is 1.92. The van der Waals surface area contributed by atoms with Gasteiger partial charge >= 0.3 is 0 Å². The smallest absolute Gasteiger partial charge is 0.169 e. The number of aromatic nitrogens is 1. The van der Waals surface area contributed by atoms with Gasteiger partial charge in [-0.15, -0.1) is 11.3 Å². The highest BCUT2D eigenvalue weighted by molar-refractivity contribution is 7.10. The van der Waals surface area contributed by atoms with Gasteiger partial charge in [-0.1, -0.05) is 60.7 Å². The van der Waals surface area contributed by atoms with E-state index in [0.29, 0.717) is 6.61 Å². The molecule has 2 aromatic heterocycles. The average molecular weight is 389 g/mol. The quantitative estimate of drug-likeness (QED) is 0.437. The van der Waals surface area contributed by atoms with Crippen LogP contribution in [-0.4, -0.2) is 37.1 Å². The third-order valence-electron chi connectivity index (χ3n) is 4.86. The van der Waals surface area contributed by atoms with Crippen molar-refractivity contribution < 1.29 is 4.74 Å². The van der Waals surface area contributed by atoms with Gasteiger partial charge in [0.15, 0.2) is 5.60 Å². The molecule has 0 saturated heterocycles. The highest BCUT2D eigenvalue weighted by atomic mass is 32.1. The lowest BCUT2D eigenvalue weighted by Gasteiger charge is -2.34. The first-order chi connectivity index (χ1) is 13.7. The minimum Gasteiger partial charge on any atom is -0.357 e. The summed E-state index contributed by atoms with van der Waals surface area (Å²) in [6.07, 6.45) is 0. The van der Waals surface area contributed by atoms with Crippen LogP contribution >= 0.6 is 11.3 Å². The van der Waals surface area contributed by atoms with Gasteiger partial charge in [-0.2, -0.15) is 0 Å². The van der Waals surface area contributed by atoms with Crippen molar-refractivity contribution >= 4 is 22.2 Å². The summed E-state index contributed by atoms with van der Waals surface area (Å²) in [7, 11) is 4.12. The fourth-order valence-electron chi connectivity index (χ4n) is 3.44. The van der Waals surface area contributed by atoms with Crippen molar-refractivity contribution in [3.05, 3.63) is 100 Å². The first-order valence-corrected chi connectivity index (χ1v) is 10.3. The van der Waals surface area contributed by atoms with Gasteiger partial charge in [0.1, 0.15) is 0 Å². The number of thiophene rings is 1. The molecule has 4 aromatic rings. The SMILES string of the molecule is CN(C)CCOC(c1ccccc1)(c1ccc2ccccc2n1)c1cccs1. The number of hydrogen-bond acceptors (Lipinski definition) is 4. The molecule has 0 spiro atoms. The van der Waals surface area contributed by atoms with E-state index in [1.807, 2.05) is 18.2 Å². The second-order valence-corrected chi connectivity index (χ2v) is 8.01. The van der Waals surface area contributed by atoms with E-state index in [9.17, 15) is 0 Å². The van der Waals surface area contributed by atoms with Crippen molar-refractivity contribution in [2.24, 2.45) is 0 Å². The van der Waals surface area contributed by atoms with Crippen LogP contribution in [0.4, 0.5) is 0 Å². The number of ether oxygens (including phenoxy) is 1. The molecule has 142 valence electrons. The summed E-state index contributed by atoms with van der Waals surface area (Å²) in [5, 5.41) is 3.23. The normalized spacial score (nSPS) is 13.7. The van der Waals surface area contributed by atoms with Gasteiger partial charge in [0.05, 0.1) is 17.8 Å². The van der Waals surface area contributed by atoms with Crippen molar-refractivity contribution in [2.45, 2.75) is 5.60 Å². The van der Waals surface area contributed by atoms with Crippen LogP contribution in [0.2, 0.25) is 0 Å². The van der Waals surface area contributed by atoms with Crippen molar-refractivity contribution in [3.8, 4) is 0 Å². The first-order valence-electron chi connectivity index (χ1n) is 9.44. The Morgan fingerprint density at radius 1 is 0.893 bits per heavy atom. The molecule has 28 heavy (non-hydrogen) atoms. The van der Waals surface area contributed by atoms with Gasteiger partial charge in [-0.05, 0) is 43.2 Å². The molecule has 0 saturated carbocycles. The number of nitrogens with zero attached hydrogens (tertiary/aromatic N) is 2. The summed E-state index contributed by atoms with van der Waals surface area (Å²) >= 11 is 1.71. The van der Waals surface area contributed by atoms with Gasteiger partial charge in [-0.3, -0.25) is 0 Å². The highest BCUT2D eigenvalue weighted by Gasteiger charge is 2.40. The number of hydrogen-bond donors (Lipinski definition) is 0. The summed E-state index contributed by atoms with van der Waals surface area (Å²) in [6, 6.07) is 27.1. The molecule has 0 radical (unpaired) electrons. The molecule has 0 amide bonds. The van der Waals surface area contributed by atoms with Crippen LogP contribution in [0.15, 0.2) is 84.2 Å². The van der Waals surface area contributed by atoms with E-state index in [1.165, 1.54) is 0 Å². The predicted molar refractivity (Wildman–Crippen MR) is 117 cm³/mol. The van der Waals surface area contributed by atoms with Crippen LogP contribution < -0.4 is 0 Å². The molecule has 0 aliphatic rings. The summed E-state index contributed by atoms with van der Waals surface area (Å²) in [4.78, 5) is 8.32. The van der Waals surface area contributed by atoms with Gasteiger partial charge in [0.25, 0.3) is 0 Å². The average Bonchev–Trinajstić information content (AvgIpc) is 3.27. The number of para-hydroxylation sites is 1. The molecule has 0 aliphatic heterocycles. The van der Waals surface area contributed by atoms with Crippen LogP contribution in [0, 0.1) is 0 Å². The fourth-order valence-corrected chi connectivity index (χ4v) is 4.35. The molecule has 2 heterocycles. The van der Waals surface area contributed by atoms with Crippen molar-refractivity contribution in [2.75, 3.05) is 27.2 Å². The molecule has 3 nitrogen and oxygen atoms in total. The van der Waals surface area contributed by atoms with E-state index in [0.717, 1.165) is 33.6 Å². The molecule has 0 aliphatic carbocycles. The second kappa shape index (κ2) is 8.23. The second-order valence-electron chi connectivity index (χ2n) is 7.07. The van der Waals surface area contributed by atoms with E-state index < -0.39 is 5.60 Å². The molecule has 0 bridgehead atoms. The van der Waals surface area contributed by atoms with Gasteiger partial charge < -0.3 is 9.64 Å². The monoisotopic (exact) mass is 388 g/mol. The molecule has 4 heteroatoms.